The maximum absolute atomic E-state index is 11.5. The molecule has 0 saturated heterocycles. The average molecular weight is 397 g/mol. The maximum Gasteiger partial charge on any atom is 0.337 e. The number of aromatic nitrogens is 2. The van der Waals surface area contributed by atoms with E-state index in [0.29, 0.717) is 5.69 Å². The van der Waals surface area contributed by atoms with Gasteiger partial charge in [0.2, 0.25) is 0 Å². The highest BCUT2D eigenvalue weighted by atomic mass is 16.4. The summed E-state index contributed by atoms with van der Waals surface area (Å²) in [6.07, 6.45) is 8.80. The molecule has 5 rings (SSSR count). The molecule has 0 atom stereocenters. The highest BCUT2D eigenvalue weighted by molar-refractivity contribution is 5.95. The van der Waals surface area contributed by atoms with Gasteiger partial charge >= 0.3 is 5.97 Å². The molecule has 7 heteroatoms. The van der Waals surface area contributed by atoms with Crippen LogP contribution in [0.3, 0.4) is 0 Å². The van der Waals surface area contributed by atoms with Crippen LogP contribution in [0.1, 0.15) is 15.9 Å². The zero-order valence-electron chi connectivity index (χ0n) is 16.2. The lowest BCUT2D eigenvalue weighted by Gasteiger charge is -2.29. The minimum absolute atomic E-state index is 0.175. The number of rotatable bonds is 4. The number of aromatic carboxylic acids is 1. The number of pyridine rings is 1. The topological polar surface area (TPSA) is 93.3 Å². The number of carbonyl (C=O) groups is 1. The Morgan fingerprint density at radius 1 is 1.17 bits per heavy atom. The summed E-state index contributed by atoms with van der Waals surface area (Å²) in [5.41, 5.74) is 6.54. The lowest BCUT2D eigenvalue weighted by molar-refractivity contribution is 0.0698. The molecule has 30 heavy (non-hydrogen) atoms. The van der Waals surface area contributed by atoms with E-state index in [9.17, 15) is 9.90 Å². The van der Waals surface area contributed by atoms with Crippen molar-refractivity contribution in [2.24, 2.45) is 0 Å². The Kier molecular flexibility index (Phi) is 4.14. The molecule has 0 bridgehead atoms. The van der Waals surface area contributed by atoms with Crippen LogP contribution < -0.4 is 15.5 Å². The third kappa shape index (κ3) is 3.02. The van der Waals surface area contributed by atoms with Crippen LogP contribution in [-0.2, 0) is 0 Å². The van der Waals surface area contributed by atoms with Crippen molar-refractivity contribution in [3.63, 3.8) is 0 Å². The highest BCUT2D eigenvalue weighted by Crippen LogP contribution is 2.41. The summed E-state index contributed by atoms with van der Waals surface area (Å²) in [5.74, 6) is -0.999. The van der Waals surface area contributed by atoms with Crippen molar-refractivity contribution in [2.45, 2.75) is 6.92 Å². The number of nitrogens with zero attached hydrogens (tertiary/aromatic N) is 2. The van der Waals surface area contributed by atoms with Gasteiger partial charge in [-0.25, -0.2) is 4.79 Å². The van der Waals surface area contributed by atoms with Crippen LogP contribution in [0.4, 0.5) is 28.4 Å². The van der Waals surface area contributed by atoms with Crippen LogP contribution in [0, 0.1) is 6.92 Å². The number of H-pyrrole nitrogens is 1. The quantitative estimate of drug-likeness (QED) is 0.371. The second-order valence-corrected chi connectivity index (χ2v) is 7.12. The first-order valence-electron chi connectivity index (χ1n) is 9.49. The van der Waals surface area contributed by atoms with E-state index in [-0.39, 0.29) is 5.56 Å². The fourth-order valence-electron chi connectivity index (χ4n) is 3.79. The summed E-state index contributed by atoms with van der Waals surface area (Å²) in [6.45, 7) is 2.03. The number of aryl methyl sites for hydroxylation is 1. The van der Waals surface area contributed by atoms with Crippen LogP contribution in [0.5, 0.6) is 0 Å². The van der Waals surface area contributed by atoms with Crippen LogP contribution >= 0.6 is 0 Å². The Balaban J connectivity index is 1.53. The van der Waals surface area contributed by atoms with E-state index in [2.05, 4.69) is 43.7 Å². The number of carboxylic acid groups (broad SMARTS) is 1. The van der Waals surface area contributed by atoms with Gasteiger partial charge in [0.25, 0.3) is 0 Å². The molecule has 3 heterocycles. The van der Waals surface area contributed by atoms with Crippen LogP contribution in [0.15, 0.2) is 73.5 Å². The first-order valence-corrected chi connectivity index (χ1v) is 9.49. The maximum atomic E-state index is 11.5. The van der Waals surface area contributed by atoms with Gasteiger partial charge < -0.3 is 25.6 Å². The van der Waals surface area contributed by atoms with Gasteiger partial charge in [0.15, 0.2) is 0 Å². The number of nitrogens with one attached hydrogen (secondary N) is 3. The fourth-order valence-corrected chi connectivity index (χ4v) is 3.79. The molecule has 0 saturated carbocycles. The third-order valence-electron chi connectivity index (χ3n) is 5.15. The van der Waals surface area contributed by atoms with E-state index in [0.717, 1.165) is 33.8 Å². The molecule has 148 valence electrons. The lowest BCUT2D eigenvalue weighted by Crippen LogP contribution is -2.16. The Bertz CT molecular complexity index is 1310. The summed E-state index contributed by atoms with van der Waals surface area (Å²) in [4.78, 5) is 20.9. The van der Waals surface area contributed by atoms with E-state index >= 15 is 0 Å². The van der Waals surface area contributed by atoms with E-state index < -0.39 is 5.97 Å². The Morgan fingerprint density at radius 2 is 2.07 bits per heavy atom. The monoisotopic (exact) mass is 397 g/mol. The molecule has 0 aliphatic carbocycles. The zero-order chi connectivity index (χ0) is 20.7. The number of aromatic amines is 1. The van der Waals surface area contributed by atoms with Crippen molar-refractivity contribution in [3.8, 4) is 0 Å². The molecular formula is C23H19N5O2. The first kappa shape index (κ1) is 17.8. The van der Waals surface area contributed by atoms with Crippen LogP contribution in [-0.4, -0.2) is 21.0 Å². The largest absolute Gasteiger partial charge is 0.478 e. The number of benzene rings is 2. The van der Waals surface area contributed by atoms with Gasteiger partial charge in [0, 0.05) is 41.7 Å². The molecule has 1 aliphatic heterocycles. The third-order valence-corrected chi connectivity index (χ3v) is 5.15. The summed E-state index contributed by atoms with van der Waals surface area (Å²) in [6, 6.07) is 13.8. The van der Waals surface area contributed by atoms with Gasteiger partial charge in [-0.05, 0) is 54.3 Å². The normalized spacial score (nSPS) is 12.5. The van der Waals surface area contributed by atoms with Crippen molar-refractivity contribution in [1.82, 2.24) is 9.97 Å². The lowest BCUT2D eigenvalue weighted by atomic mass is 10.1. The predicted molar refractivity (Wildman–Crippen MR) is 119 cm³/mol. The molecule has 4 N–H and O–H groups in total. The van der Waals surface area contributed by atoms with Crippen molar-refractivity contribution in [2.75, 3.05) is 15.5 Å². The van der Waals surface area contributed by atoms with Gasteiger partial charge in [-0.2, -0.15) is 0 Å². The molecule has 7 nitrogen and oxygen atoms in total. The highest BCUT2D eigenvalue weighted by Gasteiger charge is 2.19. The summed E-state index contributed by atoms with van der Waals surface area (Å²) in [7, 11) is 0. The van der Waals surface area contributed by atoms with Crippen LogP contribution in [0.2, 0.25) is 0 Å². The number of hydrogen-bond acceptors (Lipinski definition) is 5. The van der Waals surface area contributed by atoms with Crippen molar-refractivity contribution in [3.05, 3.63) is 84.6 Å². The molecule has 4 aromatic rings. The molecule has 0 fully saturated rings. The summed E-state index contributed by atoms with van der Waals surface area (Å²) >= 11 is 0. The van der Waals surface area contributed by atoms with E-state index in [4.69, 9.17) is 0 Å². The zero-order valence-corrected chi connectivity index (χ0v) is 16.2. The molecule has 0 radical (unpaired) electrons. The van der Waals surface area contributed by atoms with Gasteiger partial charge in [0.1, 0.15) is 0 Å². The summed E-state index contributed by atoms with van der Waals surface area (Å²) < 4.78 is 0. The second kappa shape index (κ2) is 6.97. The number of hydrogen-bond donors (Lipinski definition) is 4. The summed E-state index contributed by atoms with van der Waals surface area (Å²) in [5, 5.41) is 17.1. The van der Waals surface area contributed by atoms with Crippen LogP contribution in [0.25, 0.3) is 10.9 Å². The standard InChI is InChI=1S/C23H19N5O2/c1-14-10-16(27-21-13-24-6-5-18(21)23(29)30)11-20-22(14)28(9-8-26-20)17-3-2-15-4-7-25-19(15)12-17/h2-13,25-27H,1H3,(H,29,30). The van der Waals surface area contributed by atoms with E-state index in [1.807, 2.05) is 43.7 Å². The van der Waals surface area contributed by atoms with E-state index in [1.165, 1.54) is 23.8 Å². The Labute approximate surface area is 172 Å². The van der Waals surface area contributed by atoms with Gasteiger partial charge in [-0.3, -0.25) is 4.98 Å². The first-order chi connectivity index (χ1) is 14.6. The van der Waals surface area contributed by atoms with E-state index in [1.54, 1.807) is 0 Å². The molecule has 2 aromatic carbocycles. The van der Waals surface area contributed by atoms with Gasteiger partial charge in [-0.15, -0.1) is 0 Å². The Morgan fingerprint density at radius 3 is 2.93 bits per heavy atom. The molecule has 0 spiro atoms. The number of fused-ring (bicyclic) bond motifs is 2. The molecule has 0 amide bonds. The smallest absolute Gasteiger partial charge is 0.337 e. The average Bonchev–Trinajstić information content (AvgIpc) is 3.21. The SMILES string of the molecule is Cc1cc(Nc2cnccc2C(=O)O)cc2c1N(c1ccc3cc[nH]c3c1)C=CN2. The molecule has 1 aliphatic rings. The van der Waals surface area contributed by atoms with Crippen molar-refractivity contribution >= 4 is 45.3 Å². The molecular weight excluding hydrogens is 378 g/mol. The minimum atomic E-state index is -0.999. The Hall–Kier alpha value is -4.26. The number of anilines is 5. The number of carboxylic acids is 1. The predicted octanol–water partition coefficient (Wildman–Crippen LogP) is 5.35. The molecule has 0 unspecified atom stereocenters. The van der Waals surface area contributed by atoms with Gasteiger partial charge in [-0.1, -0.05) is 6.07 Å². The van der Waals surface area contributed by atoms with Crippen molar-refractivity contribution < 1.29 is 9.90 Å². The minimum Gasteiger partial charge on any atom is -0.478 e. The van der Waals surface area contributed by atoms with Crippen molar-refractivity contribution in [1.29, 1.82) is 0 Å². The molecule has 2 aromatic heterocycles. The fraction of sp³-hybridized carbons (Fsp3) is 0.0435. The second-order valence-electron chi connectivity index (χ2n) is 7.12. The van der Waals surface area contributed by atoms with Gasteiger partial charge in [0.05, 0.1) is 28.8 Å².